The van der Waals surface area contributed by atoms with Crippen LogP contribution in [0.4, 0.5) is 0 Å². The molecule has 1 fully saturated rings. The Morgan fingerprint density at radius 2 is 1.71 bits per heavy atom. The number of para-hydroxylation sites is 1. The molecule has 1 aliphatic heterocycles. The van der Waals surface area contributed by atoms with Gasteiger partial charge in [-0.15, -0.1) is 0 Å². The van der Waals surface area contributed by atoms with Crippen LogP contribution < -0.4 is 10.1 Å². The molecule has 3 nitrogen and oxygen atoms in total. The molecule has 0 unspecified atom stereocenters. The zero-order chi connectivity index (χ0) is 16.6. The zero-order valence-electron chi connectivity index (χ0n) is 14.6. The summed E-state index contributed by atoms with van der Waals surface area (Å²) in [4.78, 5) is 2.55. The lowest BCUT2D eigenvalue weighted by molar-refractivity contribution is 0.174. The third kappa shape index (κ3) is 4.83. The van der Waals surface area contributed by atoms with Crippen LogP contribution in [0.3, 0.4) is 0 Å². The molecule has 1 heterocycles. The Labute approximate surface area is 145 Å². The van der Waals surface area contributed by atoms with E-state index in [1.54, 1.807) is 7.11 Å². The van der Waals surface area contributed by atoms with Gasteiger partial charge in [0.1, 0.15) is 5.75 Å². The molecule has 2 aromatic rings. The van der Waals surface area contributed by atoms with Gasteiger partial charge in [0.25, 0.3) is 0 Å². The highest BCUT2D eigenvalue weighted by Gasteiger charge is 2.19. The maximum atomic E-state index is 5.47. The number of nitrogens with one attached hydrogen (secondary N) is 1. The molecule has 3 heteroatoms. The van der Waals surface area contributed by atoms with Gasteiger partial charge in [-0.3, -0.25) is 4.90 Å². The molecule has 1 aliphatic rings. The third-order valence-electron chi connectivity index (χ3n) is 4.90. The molecule has 1 saturated heterocycles. The third-order valence-corrected chi connectivity index (χ3v) is 4.90. The number of ether oxygens (including phenoxy) is 1. The van der Waals surface area contributed by atoms with Gasteiger partial charge in [-0.2, -0.15) is 0 Å². The zero-order valence-corrected chi connectivity index (χ0v) is 14.6. The van der Waals surface area contributed by atoms with Crippen LogP contribution in [0.5, 0.6) is 5.75 Å². The second kappa shape index (κ2) is 8.86. The number of hydrogen-bond donors (Lipinski definition) is 1. The predicted octanol–water partition coefficient (Wildman–Crippen LogP) is 3.70. The highest BCUT2D eigenvalue weighted by atomic mass is 16.5. The van der Waals surface area contributed by atoms with Gasteiger partial charge in [0, 0.05) is 18.7 Å². The summed E-state index contributed by atoms with van der Waals surface area (Å²) in [5, 5.41) is 3.62. The van der Waals surface area contributed by atoms with Crippen molar-refractivity contribution in [3.05, 3.63) is 65.7 Å². The summed E-state index contributed by atoms with van der Waals surface area (Å²) in [5.74, 6) is 1.80. The van der Waals surface area contributed by atoms with Crippen molar-refractivity contribution in [1.29, 1.82) is 0 Å². The SMILES string of the molecule is COc1ccccc1CN1CCC(CNCc2ccccc2)CC1. The lowest BCUT2D eigenvalue weighted by atomic mass is 9.96. The molecule has 0 atom stereocenters. The molecule has 24 heavy (non-hydrogen) atoms. The second-order valence-corrected chi connectivity index (χ2v) is 6.65. The van der Waals surface area contributed by atoms with Crippen molar-refractivity contribution in [3.63, 3.8) is 0 Å². The fraction of sp³-hybridized carbons (Fsp3) is 0.429. The van der Waals surface area contributed by atoms with Crippen LogP contribution in [-0.4, -0.2) is 31.6 Å². The first-order chi connectivity index (χ1) is 11.8. The Bertz CT molecular complexity index is 606. The first-order valence-corrected chi connectivity index (χ1v) is 8.94. The van der Waals surface area contributed by atoms with Gasteiger partial charge >= 0.3 is 0 Å². The smallest absolute Gasteiger partial charge is 0.123 e. The minimum absolute atomic E-state index is 0.794. The minimum Gasteiger partial charge on any atom is -0.496 e. The van der Waals surface area contributed by atoms with Crippen LogP contribution in [0.25, 0.3) is 0 Å². The number of nitrogens with zero attached hydrogens (tertiary/aromatic N) is 1. The molecule has 0 radical (unpaired) electrons. The van der Waals surface area contributed by atoms with Crippen molar-refractivity contribution >= 4 is 0 Å². The van der Waals surface area contributed by atoms with Crippen molar-refractivity contribution < 1.29 is 4.74 Å². The van der Waals surface area contributed by atoms with Crippen molar-refractivity contribution in [1.82, 2.24) is 10.2 Å². The first kappa shape index (κ1) is 17.0. The molecular formula is C21H28N2O. The normalized spacial score (nSPS) is 16.2. The van der Waals surface area contributed by atoms with Crippen molar-refractivity contribution in [2.75, 3.05) is 26.7 Å². The summed E-state index contributed by atoms with van der Waals surface area (Å²) in [6.07, 6.45) is 2.55. The molecule has 3 rings (SSSR count). The molecule has 128 valence electrons. The molecule has 0 spiro atoms. The number of rotatable bonds is 7. The largest absolute Gasteiger partial charge is 0.496 e. The van der Waals surface area contributed by atoms with Crippen LogP contribution in [0.1, 0.15) is 24.0 Å². The van der Waals surface area contributed by atoms with E-state index < -0.39 is 0 Å². The summed E-state index contributed by atoms with van der Waals surface area (Å²) in [7, 11) is 1.75. The maximum absolute atomic E-state index is 5.47. The van der Waals surface area contributed by atoms with Gasteiger partial charge in [-0.25, -0.2) is 0 Å². The molecule has 0 aromatic heterocycles. The van der Waals surface area contributed by atoms with E-state index in [9.17, 15) is 0 Å². The number of likely N-dealkylation sites (tertiary alicyclic amines) is 1. The van der Waals surface area contributed by atoms with E-state index in [0.29, 0.717) is 0 Å². The average molecular weight is 324 g/mol. The fourth-order valence-electron chi connectivity index (χ4n) is 3.44. The predicted molar refractivity (Wildman–Crippen MR) is 99.1 cm³/mol. The van der Waals surface area contributed by atoms with Gasteiger partial charge in [-0.05, 0) is 50.0 Å². The van der Waals surface area contributed by atoms with Crippen LogP contribution in [0.2, 0.25) is 0 Å². The van der Waals surface area contributed by atoms with Crippen LogP contribution >= 0.6 is 0 Å². The monoisotopic (exact) mass is 324 g/mol. The van der Waals surface area contributed by atoms with E-state index in [4.69, 9.17) is 4.74 Å². The summed E-state index contributed by atoms with van der Waals surface area (Å²) >= 11 is 0. The Hall–Kier alpha value is -1.84. The van der Waals surface area contributed by atoms with Gasteiger partial charge in [0.05, 0.1) is 7.11 Å². The molecule has 2 aromatic carbocycles. The summed E-state index contributed by atoms with van der Waals surface area (Å²) in [6.45, 7) is 5.44. The standard InChI is InChI=1S/C21H28N2O/c1-24-21-10-6-5-9-20(21)17-23-13-11-19(12-14-23)16-22-15-18-7-3-2-4-8-18/h2-10,19,22H,11-17H2,1H3. The van der Waals surface area contributed by atoms with Crippen molar-refractivity contribution in [2.24, 2.45) is 5.92 Å². The summed E-state index contributed by atoms with van der Waals surface area (Å²) in [5.41, 5.74) is 2.66. The molecule has 0 amide bonds. The molecular weight excluding hydrogens is 296 g/mol. The lowest BCUT2D eigenvalue weighted by Gasteiger charge is -2.32. The highest BCUT2D eigenvalue weighted by Crippen LogP contribution is 2.23. The van der Waals surface area contributed by atoms with E-state index in [1.165, 1.54) is 37.1 Å². The first-order valence-electron chi connectivity index (χ1n) is 8.94. The fourth-order valence-corrected chi connectivity index (χ4v) is 3.44. The molecule has 0 aliphatic carbocycles. The molecule has 1 N–H and O–H groups in total. The van der Waals surface area contributed by atoms with Crippen LogP contribution in [0, 0.1) is 5.92 Å². The van der Waals surface area contributed by atoms with Crippen molar-refractivity contribution in [2.45, 2.75) is 25.9 Å². The van der Waals surface area contributed by atoms with E-state index in [2.05, 4.69) is 58.7 Å². The number of piperidine rings is 1. The van der Waals surface area contributed by atoms with E-state index in [1.807, 2.05) is 6.07 Å². The highest BCUT2D eigenvalue weighted by molar-refractivity contribution is 5.33. The number of benzene rings is 2. The molecule has 0 bridgehead atoms. The Balaban J connectivity index is 1.39. The minimum atomic E-state index is 0.794. The van der Waals surface area contributed by atoms with Crippen molar-refractivity contribution in [3.8, 4) is 5.75 Å². The number of methoxy groups -OCH3 is 1. The van der Waals surface area contributed by atoms with E-state index >= 15 is 0 Å². The van der Waals surface area contributed by atoms with E-state index in [-0.39, 0.29) is 0 Å². The topological polar surface area (TPSA) is 24.5 Å². The van der Waals surface area contributed by atoms with E-state index in [0.717, 1.165) is 31.3 Å². The van der Waals surface area contributed by atoms with Gasteiger partial charge < -0.3 is 10.1 Å². The van der Waals surface area contributed by atoms with Gasteiger partial charge in [0.15, 0.2) is 0 Å². The van der Waals surface area contributed by atoms with Gasteiger partial charge in [0.2, 0.25) is 0 Å². The van der Waals surface area contributed by atoms with Gasteiger partial charge in [-0.1, -0.05) is 48.5 Å². The summed E-state index contributed by atoms with van der Waals surface area (Å²) < 4.78 is 5.47. The molecule has 0 saturated carbocycles. The maximum Gasteiger partial charge on any atom is 0.123 e. The second-order valence-electron chi connectivity index (χ2n) is 6.65. The Kier molecular flexibility index (Phi) is 6.27. The number of hydrogen-bond acceptors (Lipinski definition) is 3. The summed E-state index contributed by atoms with van der Waals surface area (Å²) in [6, 6.07) is 19.0. The quantitative estimate of drug-likeness (QED) is 0.840. The lowest BCUT2D eigenvalue weighted by Crippen LogP contribution is -2.36. The average Bonchev–Trinajstić information content (AvgIpc) is 2.64. The Morgan fingerprint density at radius 3 is 2.46 bits per heavy atom. The Morgan fingerprint density at radius 1 is 1.00 bits per heavy atom. The van der Waals surface area contributed by atoms with Crippen LogP contribution in [0.15, 0.2) is 54.6 Å². The van der Waals surface area contributed by atoms with Crippen LogP contribution in [-0.2, 0) is 13.1 Å².